The third-order valence-electron chi connectivity index (χ3n) is 0.143. The van der Waals surface area contributed by atoms with Crippen molar-refractivity contribution in [3.05, 3.63) is 0 Å². The van der Waals surface area contributed by atoms with Crippen LogP contribution >= 0.6 is 7.81 Å². The standard InChI is InChI=1S/CH3O2PS/c1-3-5(2)4/h1H3. The SMILES string of the molecule is COS(=O)#P. The molecule has 30 valence electrons. The van der Waals surface area contributed by atoms with E-state index < -0.39 is 10.1 Å². The average Bonchev–Trinajstić information content (AvgIpc) is 1.38. The first-order chi connectivity index (χ1) is 2.27. The van der Waals surface area contributed by atoms with Crippen molar-refractivity contribution in [1.82, 2.24) is 0 Å². The van der Waals surface area contributed by atoms with E-state index in [-0.39, 0.29) is 0 Å². The second-order valence-electron chi connectivity index (χ2n) is 0.384. The molecule has 0 aliphatic carbocycles. The van der Waals surface area contributed by atoms with Crippen molar-refractivity contribution >= 4 is 17.9 Å². The van der Waals surface area contributed by atoms with Crippen molar-refractivity contribution in [3.63, 3.8) is 0 Å². The van der Waals surface area contributed by atoms with Crippen molar-refractivity contribution in [3.8, 4) is 0 Å². The molecule has 0 amide bonds. The van der Waals surface area contributed by atoms with Gasteiger partial charge in [-0.05, 0) is 0 Å². The van der Waals surface area contributed by atoms with Gasteiger partial charge in [-0.3, -0.25) is 0 Å². The van der Waals surface area contributed by atoms with E-state index in [2.05, 4.69) is 12.0 Å². The maximum atomic E-state index is 9.57. The molecule has 2 nitrogen and oxygen atoms in total. The Labute approximate surface area is 34.2 Å². The van der Waals surface area contributed by atoms with Crippen LogP contribution in [0.15, 0.2) is 0 Å². The summed E-state index contributed by atoms with van der Waals surface area (Å²) in [5.74, 6) is 0. The van der Waals surface area contributed by atoms with Gasteiger partial charge in [0.1, 0.15) is 0 Å². The zero-order valence-electron chi connectivity index (χ0n) is 2.67. The minimum atomic E-state index is -1.38. The predicted molar refractivity (Wildman–Crippen MR) is 22.1 cm³/mol. The summed E-state index contributed by atoms with van der Waals surface area (Å²) in [6.45, 7) is 0. The molecule has 0 spiro atoms. The molecule has 0 aromatic rings. The molecule has 0 aromatic carbocycles. The van der Waals surface area contributed by atoms with Crippen LogP contribution in [0.5, 0.6) is 0 Å². The Balaban J connectivity index is 3.39. The Morgan fingerprint density at radius 2 is 2.20 bits per heavy atom. The third kappa shape index (κ3) is 4.41. The van der Waals surface area contributed by atoms with Gasteiger partial charge in [-0.1, -0.05) is 0 Å². The second kappa shape index (κ2) is 2.64. The van der Waals surface area contributed by atoms with E-state index in [0.29, 0.717) is 0 Å². The van der Waals surface area contributed by atoms with Crippen molar-refractivity contribution in [2.45, 2.75) is 0 Å². The molecule has 0 N–H and O–H groups in total. The van der Waals surface area contributed by atoms with Gasteiger partial charge < -0.3 is 0 Å². The van der Waals surface area contributed by atoms with Crippen molar-refractivity contribution in [2.24, 2.45) is 0 Å². The molecule has 0 radical (unpaired) electrons. The van der Waals surface area contributed by atoms with Gasteiger partial charge in [-0.25, -0.2) is 0 Å². The van der Waals surface area contributed by atoms with Crippen molar-refractivity contribution in [2.75, 3.05) is 7.11 Å². The van der Waals surface area contributed by atoms with Gasteiger partial charge in [-0.2, -0.15) is 0 Å². The van der Waals surface area contributed by atoms with Crippen molar-refractivity contribution < 1.29 is 8.39 Å². The van der Waals surface area contributed by atoms with Gasteiger partial charge in [-0.15, -0.1) is 0 Å². The fraction of sp³-hybridized carbons (Fsp3) is 1.00. The molecule has 0 unspecified atom stereocenters. The maximum absolute atomic E-state index is 9.57. The van der Waals surface area contributed by atoms with Crippen LogP contribution in [0.3, 0.4) is 0 Å². The van der Waals surface area contributed by atoms with Crippen LogP contribution in [0.2, 0.25) is 0 Å². The molecule has 0 saturated carbocycles. The fourth-order valence-electron chi connectivity index (χ4n) is 0. The van der Waals surface area contributed by atoms with Gasteiger partial charge in [0, 0.05) is 0 Å². The zero-order valence-corrected chi connectivity index (χ0v) is 4.38. The summed E-state index contributed by atoms with van der Waals surface area (Å²) in [5, 5.41) is 0. The van der Waals surface area contributed by atoms with Gasteiger partial charge in [0.05, 0.1) is 0 Å². The van der Waals surface area contributed by atoms with Gasteiger partial charge in [0.25, 0.3) is 0 Å². The van der Waals surface area contributed by atoms with Gasteiger partial charge >= 0.3 is 33.4 Å². The summed E-state index contributed by atoms with van der Waals surface area (Å²) in [7, 11) is 3.29. The molecule has 5 heavy (non-hydrogen) atoms. The molecule has 0 aliphatic rings. The third-order valence-corrected chi connectivity index (χ3v) is 0.875. The summed E-state index contributed by atoms with van der Waals surface area (Å²) in [4.78, 5) is 0. The van der Waals surface area contributed by atoms with Crippen LogP contribution < -0.4 is 0 Å². The summed E-state index contributed by atoms with van der Waals surface area (Å²) in [6.07, 6.45) is 0. The molecule has 0 bridgehead atoms. The molecule has 0 aliphatic heterocycles. The number of hydrogen-bond donors (Lipinski definition) is 0. The van der Waals surface area contributed by atoms with E-state index >= 15 is 0 Å². The quantitative estimate of drug-likeness (QED) is 0.427. The van der Waals surface area contributed by atoms with E-state index in [0.717, 1.165) is 0 Å². The summed E-state index contributed by atoms with van der Waals surface area (Å²) < 4.78 is 13.7. The Hall–Kier alpha value is 0.410. The summed E-state index contributed by atoms with van der Waals surface area (Å²) in [5.41, 5.74) is 0. The van der Waals surface area contributed by atoms with Gasteiger partial charge in [0.15, 0.2) is 0 Å². The van der Waals surface area contributed by atoms with Crippen LogP contribution in [0.25, 0.3) is 0 Å². The van der Waals surface area contributed by atoms with E-state index in [1.165, 1.54) is 7.11 Å². The normalized spacial score (nSPS) is 7.20. The van der Waals surface area contributed by atoms with Crippen LogP contribution in [-0.2, 0) is 14.2 Å². The molecule has 0 fully saturated rings. The van der Waals surface area contributed by atoms with Crippen molar-refractivity contribution in [1.29, 1.82) is 0 Å². The number of hydrogen-bond acceptors (Lipinski definition) is 2. The minimum absolute atomic E-state index is 1.32. The van der Waals surface area contributed by atoms with Crippen LogP contribution in [0.1, 0.15) is 0 Å². The summed E-state index contributed by atoms with van der Waals surface area (Å²) >= 11 is 0. The van der Waals surface area contributed by atoms with E-state index in [9.17, 15) is 4.21 Å². The Kier molecular flexibility index (Phi) is 2.85. The van der Waals surface area contributed by atoms with Crippen LogP contribution in [0.4, 0.5) is 0 Å². The molecular weight excluding hydrogens is 107 g/mol. The predicted octanol–water partition coefficient (Wildman–Crippen LogP) is 0.622. The summed E-state index contributed by atoms with van der Waals surface area (Å²) in [6, 6.07) is 0. The van der Waals surface area contributed by atoms with E-state index in [1.54, 1.807) is 0 Å². The first kappa shape index (κ1) is 5.41. The van der Waals surface area contributed by atoms with Gasteiger partial charge in [0.2, 0.25) is 0 Å². The number of rotatable bonds is 0. The molecule has 0 aromatic heterocycles. The Morgan fingerprint density at radius 3 is 2.20 bits per heavy atom. The topological polar surface area (TPSA) is 26.3 Å². The molecule has 4 heteroatoms. The van der Waals surface area contributed by atoms with Crippen LogP contribution in [-0.4, -0.2) is 11.3 Å². The molecular formula is CH3O2PS. The van der Waals surface area contributed by atoms with E-state index in [1.807, 2.05) is 0 Å². The molecule has 0 rings (SSSR count). The molecule has 0 saturated heterocycles. The zero-order chi connectivity index (χ0) is 4.28. The fourth-order valence-corrected chi connectivity index (χ4v) is 0. The average molecular weight is 110 g/mol. The first-order valence-electron chi connectivity index (χ1n) is 0.924. The molecule has 0 heterocycles. The monoisotopic (exact) mass is 110 g/mol. The molecule has 0 atom stereocenters. The Morgan fingerprint density at radius 1 is 2.00 bits per heavy atom. The second-order valence-corrected chi connectivity index (χ2v) is 2.05. The van der Waals surface area contributed by atoms with E-state index in [4.69, 9.17) is 0 Å². The van der Waals surface area contributed by atoms with Crippen LogP contribution in [0, 0.1) is 0 Å². The Bertz CT molecular complexity index is 111. The first-order valence-corrected chi connectivity index (χ1v) is 3.05.